The van der Waals surface area contributed by atoms with Crippen LogP contribution in [0, 0.1) is 26.6 Å². The number of halogens is 2. The zero-order valence-corrected chi connectivity index (χ0v) is 14.1. The lowest BCUT2D eigenvalue weighted by Crippen LogP contribution is -2.05. The lowest BCUT2D eigenvalue weighted by Gasteiger charge is -2.13. The molecule has 0 radical (unpaired) electrons. The second-order valence-corrected chi connectivity index (χ2v) is 6.08. The van der Waals surface area contributed by atoms with Crippen LogP contribution in [0.2, 0.25) is 0 Å². The van der Waals surface area contributed by atoms with Crippen molar-refractivity contribution in [2.24, 2.45) is 0 Å². The van der Waals surface area contributed by atoms with Crippen LogP contribution < -0.4 is 0 Å². The van der Waals surface area contributed by atoms with Crippen LogP contribution in [-0.2, 0) is 0 Å². The molecule has 0 saturated carbocycles. The third kappa shape index (κ3) is 2.68. The molecule has 0 aliphatic rings. The zero-order valence-electron chi connectivity index (χ0n) is 12.6. The molecule has 1 aromatic heterocycles. The fourth-order valence-corrected chi connectivity index (χ4v) is 3.06. The van der Waals surface area contributed by atoms with E-state index in [9.17, 15) is 4.39 Å². The van der Waals surface area contributed by atoms with E-state index in [0.29, 0.717) is 10.6 Å². The molecular formula is C17H15BrFN3. The molecule has 0 saturated heterocycles. The highest BCUT2D eigenvalue weighted by atomic mass is 79.9. The molecule has 0 unspecified atom stereocenters. The van der Waals surface area contributed by atoms with Crippen LogP contribution in [-0.4, -0.2) is 14.8 Å². The highest BCUT2D eigenvalue weighted by Crippen LogP contribution is 2.27. The molecule has 22 heavy (non-hydrogen) atoms. The quantitative estimate of drug-likeness (QED) is 0.660. The largest absolute Gasteiger partial charge is 0.218 e. The molecule has 0 aliphatic carbocycles. The maximum atomic E-state index is 13.2. The topological polar surface area (TPSA) is 30.7 Å². The Balaban J connectivity index is 2.23. The molecule has 112 valence electrons. The van der Waals surface area contributed by atoms with E-state index in [1.165, 1.54) is 17.7 Å². The predicted octanol–water partition coefficient (Wildman–Crippen LogP) is 4.76. The van der Waals surface area contributed by atoms with Crippen molar-refractivity contribution in [3.8, 4) is 17.1 Å². The molecule has 0 bridgehead atoms. The number of benzene rings is 2. The minimum atomic E-state index is -0.267. The molecule has 5 heteroatoms. The fourth-order valence-electron chi connectivity index (χ4n) is 2.74. The number of hydrogen-bond donors (Lipinski definition) is 0. The van der Waals surface area contributed by atoms with Gasteiger partial charge in [-0.2, -0.15) is 0 Å². The van der Waals surface area contributed by atoms with Gasteiger partial charge in [0.05, 0.1) is 5.69 Å². The normalized spacial score (nSPS) is 11.0. The second kappa shape index (κ2) is 5.65. The number of aromatic nitrogens is 3. The molecule has 0 fully saturated rings. The zero-order chi connectivity index (χ0) is 15.9. The standard InChI is InChI=1S/C17H15BrFN3/c1-10-8-11(2)15(12(3)9-10)22-16(20-17(18)21-22)13-4-6-14(19)7-5-13/h4-9H,1-3H3. The highest BCUT2D eigenvalue weighted by Gasteiger charge is 2.16. The third-order valence-corrected chi connectivity index (χ3v) is 3.87. The Morgan fingerprint density at radius 3 is 2.18 bits per heavy atom. The van der Waals surface area contributed by atoms with Crippen LogP contribution >= 0.6 is 15.9 Å². The summed E-state index contributed by atoms with van der Waals surface area (Å²) in [6.07, 6.45) is 0. The summed E-state index contributed by atoms with van der Waals surface area (Å²) in [6.45, 7) is 6.18. The van der Waals surface area contributed by atoms with Crippen molar-refractivity contribution in [1.29, 1.82) is 0 Å². The first kappa shape index (κ1) is 14.9. The van der Waals surface area contributed by atoms with E-state index in [2.05, 4.69) is 58.9 Å². The molecule has 0 amide bonds. The average molecular weight is 360 g/mol. The van der Waals surface area contributed by atoms with E-state index in [0.717, 1.165) is 22.4 Å². The number of rotatable bonds is 2. The summed E-state index contributed by atoms with van der Waals surface area (Å²) in [7, 11) is 0. The van der Waals surface area contributed by atoms with Crippen LogP contribution in [0.15, 0.2) is 41.1 Å². The summed E-state index contributed by atoms with van der Waals surface area (Å²) in [4.78, 5) is 4.44. The minimum Gasteiger partial charge on any atom is -0.212 e. The molecule has 0 spiro atoms. The fraction of sp³-hybridized carbons (Fsp3) is 0.176. The van der Waals surface area contributed by atoms with Crippen molar-refractivity contribution in [1.82, 2.24) is 14.8 Å². The Bertz CT molecular complexity index is 815. The maximum absolute atomic E-state index is 13.2. The molecule has 0 N–H and O–H groups in total. The van der Waals surface area contributed by atoms with Crippen LogP contribution in [0.5, 0.6) is 0 Å². The van der Waals surface area contributed by atoms with E-state index >= 15 is 0 Å². The molecule has 3 nitrogen and oxygen atoms in total. The van der Waals surface area contributed by atoms with Gasteiger partial charge in [0, 0.05) is 5.56 Å². The van der Waals surface area contributed by atoms with Crippen LogP contribution in [0.3, 0.4) is 0 Å². The summed E-state index contributed by atoms with van der Waals surface area (Å²) < 4.78 is 15.5. The predicted molar refractivity (Wildman–Crippen MR) is 88.7 cm³/mol. The summed E-state index contributed by atoms with van der Waals surface area (Å²) in [5.41, 5.74) is 5.28. The Labute approximate surface area is 137 Å². The average Bonchev–Trinajstić information content (AvgIpc) is 2.80. The van der Waals surface area contributed by atoms with Crippen LogP contribution in [0.1, 0.15) is 16.7 Å². The van der Waals surface area contributed by atoms with E-state index < -0.39 is 0 Å². The van der Waals surface area contributed by atoms with Gasteiger partial charge in [0.2, 0.25) is 4.73 Å². The highest BCUT2D eigenvalue weighted by molar-refractivity contribution is 9.10. The van der Waals surface area contributed by atoms with Gasteiger partial charge in [0.15, 0.2) is 5.82 Å². The van der Waals surface area contributed by atoms with Crippen molar-refractivity contribution < 1.29 is 4.39 Å². The number of nitrogens with zero attached hydrogens (tertiary/aromatic N) is 3. The second-order valence-electron chi connectivity index (χ2n) is 5.37. The van der Waals surface area contributed by atoms with Crippen molar-refractivity contribution in [3.63, 3.8) is 0 Å². The van der Waals surface area contributed by atoms with Gasteiger partial charge in [-0.3, -0.25) is 0 Å². The van der Waals surface area contributed by atoms with Gasteiger partial charge in [-0.05, 0) is 72.1 Å². The van der Waals surface area contributed by atoms with Gasteiger partial charge in [0.25, 0.3) is 0 Å². The lowest BCUT2D eigenvalue weighted by molar-refractivity contribution is 0.628. The maximum Gasteiger partial charge on any atom is 0.218 e. The van der Waals surface area contributed by atoms with Crippen molar-refractivity contribution in [2.75, 3.05) is 0 Å². The Kier molecular flexibility index (Phi) is 3.83. The van der Waals surface area contributed by atoms with Gasteiger partial charge < -0.3 is 0 Å². The summed E-state index contributed by atoms with van der Waals surface area (Å²) >= 11 is 3.34. The van der Waals surface area contributed by atoms with Crippen molar-refractivity contribution >= 4 is 15.9 Å². The van der Waals surface area contributed by atoms with E-state index in [4.69, 9.17) is 0 Å². The molecule has 0 aliphatic heterocycles. The van der Waals surface area contributed by atoms with E-state index in [1.54, 1.807) is 16.8 Å². The minimum absolute atomic E-state index is 0.267. The first-order chi connectivity index (χ1) is 10.5. The summed E-state index contributed by atoms with van der Waals surface area (Å²) in [5, 5.41) is 4.46. The smallest absolute Gasteiger partial charge is 0.212 e. The first-order valence-corrected chi connectivity index (χ1v) is 7.72. The molecule has 3 rings (SSSR count). The summed E-state index contributed by atoms with van der Waals surface area (Å²) in [5.74, 6) is 0.415. The molecular weight excluding hydrogens is 345 g/mol. The monoisotopic (exact) mass is 359 g/mol. The first-order valence-electron chi connectivity index (χ1n) is 6.92. The molecule has 0 atom stereocenters. The Hall–Kier alpha value is -2.01. The van der Waals surface area contributed by atoms with Crippen LogP contribution in [0.25, 0.3) is 17.1 Å². The molecule has 3 aromatic rings. The van der Waals surface area contributed by atoms with Gasteiger partial charge in [-0.1, -0.05) is 17.7 Å². The number of hydrogen-bond acceptors (Lipinski definition) is 2. The molecule has 2 aromatic carbocycles. The van der Waals surface area contributed by atoms with E-state index in [-0.39, 0.29) is 5.82 Å². The van der Waals surface area contributed by atoms with Gasteiger partial charge in [0.1, 0.15) is 5.82 Å². The van der Waals surface area contributed by atoms with Gasteiger partial charge in [-0.25, -0.2) is 14.1 Å². The lowest BCUT2D eigenvalue weighted by atomic mass is 10.0. The Morgan fingerprint density at radius 2 is 1.59 bits per heavy atom. The summed E-state index contributed by atoms with van der Waals surface area (Å²) in [6, 6.07) is 10.5. The molecule has 1 heterocycles. The van der Waals surface area contributed by atoms with Gasteiger partial charge >= 0.3 is 0 Å². The van der Waals surface area contributed by atoms with Crippen molar-refractivity contribution in [3.05, 3.63) is 63.6 Å². The van der Waals surface area contributed by atoms with E-state index in [1.807, 2.05) is 0 Å². The number of aryl methyl sites for hydroxylation is 3. The SMILES string of the molecule is Cc1cc(C)c(-n2nc(Br)nc2-c2ccc(F)cc2)c(C)c1. The van der Waals surface area contributed by atoms with Crippen molar-refractivity contribution in [2.45, 2.75) is 20.8 Å². The third-order valence-electron chi connectivity index (χ3n) is 3.53. The van der Waals surface area contributed by atoms with Gasteiger partial charge in [-0.15, -0.1) is 5.10 Å². The van der Waals surface area contributed by atoms with Crippen LogP contribution in [0.4, 0.5) is 4.39 Å². The Morgan fingerprint density at radius 1 is 1.00 bits per heavy atom.